The molecule has 1 fully saturated rings. The summed E-state index contributed by atoms with van der Waals surface area (Å²) < 4.78 is 22.1. The maximum absolute atomic E-state index is 14.9. The fourth-order valence-electron chi connectivity index (χ4n) is 11.6. The predicted molar refractivity (Wildman–Crippen MR) is 365 cm³/mol. The van der Waals surface area contributed by atoms with Gasteiger partial charge in [0.2, 0.25) is 58.8 Å². The van der Waals surface area contributed by atoms with Crippen LogP contribution >= 0.6 is 0 Å². The molecule has 0 saturated carbocycles. The number of phenolic OH excluding ortho intramolecular Hbond substituents is 1. The number of carboxylic acid groups (broad SMARTS) is 1. The van der Waals surface area contributed by atoms with Gasteiger partial charge in [0.25, 0.3) is 17.7 Å². The average molecular weight is 1500 g/mol. The van der Waals surface area contributed by atoms with E-state index in [2.05, 4.69) is 21.3 Å². The summed E-state index contributed by atoms with van der Waals surface area (Å²) in [5.41, 5.74) is 1.12. The Morgan fingerprint density at radius 3 is 1.91 bits per heavy atom. The van der Waals surface area contributed by atoms with Gasteiger partial charge >= 0.3 is 11.9 Å². The lowest BCUT2D eigenvalue weighted by atomic mass is 9.78. The number of rotatable bonds is 28. The summed E-state index contributed by atoms with van der Waals surface area (Å²) >= 11 is 0. The van der Waals surface area contributed by atoms with E-state index in [-0.39, 0.29) is 16.9 Å². The third-order valence-corrected chi connectivity index (χ3v) is 18.1. The van der Waals surface area contributed by atoms with Crippen LogP contribution in [0.15, 0.2) is 47.5 Å². The first-order chi connectivity index (χ1) is 49.5. The molecule has 9 amide bonds. The minimum Gasteiger partial charge on any atom is -0.507 e. The number of ketones is 4. The van der Waals surface area contributed by atoms with Gasteiger partial charge in [-0.15, -0.1) is 0 Å². The highest BCUT2D eigenvalue weighted by molar-refractivity contribution is 6.32. The van der Waals surface area contributed by atoms with Gasteiger partial charge in [-0.2, -0.15) is 0 Å². The number of hydrogen-bond acceptors (Lipinski definition) is 28. The zero-order valence-corrected chi connectivity index (χ0v) is 60.5. The average Bonchev–Trinajstić information content (AvgIpc) is 1.34. The van der Waals surface area contributed by atoms with Gasteiger partial charge in [0.15, 0.2) is 18.5 Å². The zero-order valence-electron chi connectivity index (χ0n) is 60.5. The largest absolute Gasteiger partial charge is 0.507 e. The molecule has 1 aromatic carbocycles. The minimum atomic E-state index is -2.77. The smallest absolute Gasteiger partial charge is 0.336 e. The highest BCUT2D eigenvalue weighted by Crippen LogP contribution is 2.44. The SMILES string of the molecule is CCO/C=C/[C@H](OC)[C@@H](C)[C@@H](OC(C)=O)[C@H](C)[C@H](O)[C@H](C)[C@@H](O)[C@@H](C)/C=C/C=C(/C)C(=O)NC1=C(NC(C)C(=O)NCC2NC(=O)C(C(=O)O)NC(=O)C(O)CNC(=O)C(C(C)O)NC(=O)C(C(O)C(O)C(N)=O)NC(=O)C(C(C)C)CC(=O)C(CO)NC2=O)C(=O)c2c(c(O)c(C)c3c2C(=O)CO3)C1=O. The number of hydrogen-bond donors (Lipinski definition) is 19. The number of nitrogens with two attached hydrogens (primary N) is 1. The van der Waals surface area contributed by atoms with Gasteiger partial charge in [-0.05, 0) is 46.6 Å². The topological polar surface area (TPSA) is 609 Å². The molecule has 11 unspecified atom stereocenters. The quantitative estimate of drug-likeness (QED) is 0.0122. The molecule has 0 radical (unpaired) electrons. The molecule has 2 aliphatic heterocycles. The highest BCUT2D eigenvalue weighted by Gasteiger charge is 2.47. The number of ether oxygens (including phenoxy) is 4. The summed E-state index contributed by atoms with van der Waals surface area (Å²) in [6, 6.07) is -13.5. The molecular weight excluding hydrogens is 1400 g/mol. The third kappa shape index (κ3) is 22.0. The summed E-state index contributed by atoms with van der Waals surface area (Å²) in [5.74, 6) is -27.2. The van der Waals surface area contributed by atoms with Gasteiger partial charge in [0.05, 0.1) is 67.1 Å². The molecule has 38 nitrogen and oxygen atoms in total. The number of methoxy groups -OCH3 is 1. The summed E-state index contributed by atoms with van der Waals surface area (Å²) in [4.78, 5) is 205. The van der Waals surface area contributed by atoms with Crippen molar-refractivity contribution in [3.63, 3.8) is 0 Å². The van der Waals surface area contributed by atoms with Crippen molar-refractivity contribution < 1.29 is 137 Å². The van der Waals surface area contributed by atoms with E-state index in [1.54, 1.807) is 46.0 Å². The van der Waals surface area contributed by atoms with Crippen LogP contribution in [0.3, 0.4) is 0 Å². The Balaban J connectivity index is 1.75. The third-order valence-electron chi connectivity index (χ3n) is 18.1. The molecule has 0 bridgehead atoms. The number of aromatic hydroxyl groups is 1. The lowest BCUT2D eigenvalue weighted by Crippen LogP contribution is -2.64. The standard InChI is InChI=1S/C68H96N10O28/c1-14-104-19-18-41(103-13)28(6)57(106-34(12)81)30(8)51(86)29(7)50(85)26(4)16-15-17-27(5)60(93)76-47-46(53(88)43-42-40(84)24-105-58(42)31(9)52(87)44(43)54(47)89)72-32(10)61(94)70-21-36-63(96)74-37(23-79)38(82)20-35(25(2)3)62(95)77-48(55(90)56(91)59(69)92)66(99)75-45(33(11)80)65(98)71-22-39(83)64(97)78-49(68(101)102)67(100)73-36/h15-19,25-26,28-30,32-33,35-37,39,41,45,48-51,55-57,72,79-80,83,85-87,90-91H,14,20-24H2,1-13H3,(H2,69,92)(H,70,94)(H,71,98)(H,73,100)(H,74,96)(H,75,99)(H,76,93)(H,77,95)(H,78,97)(H,101,102)/b16-15+,19-18+,27-17-/t26-,28+,29+,30+,32?,33?,35?,36?,37?,39?,41-,45?,48?,49?,50-,51+,55?,56?,57+/m0/s1. The molecule has 20 N–H and O–H groups in total. The molecule has 1 aliphatic carbocycles. The van der Waals surface area contributed by atoms with E-state index < -0.39 is 275 Å². The Labute approximate surface area is 608 Å². The van der Waals surface area contributed by atoms with Crippen molar-refractivity contribution >= 4 is 88.2 Å². The number of benzene rings is 1. The lowest BCUT2D eigenvalue weighted by molar-refractivity contribution is -0.160. The lowest BCUT2D eigenvalue weighted by Gasteiger charge is -2.38. The normalized spacial score (nSPS) is 24.0. The van der Waals surface area contributed by atoms with Crippen LogP contribution in [0.1, 0.15) is 119 Å². The van der Waals surface area contributed by atoms with Crippen LogP contribution in [0.5, 0.6) is 11.5 Å². The monoisotopic (exact) mass is 1500 g/mol. The van der Waals surface area contributed by atoms with Gasteiger partial charge in [0, 0.05) is 67.7 Å². The molecule has 0 aromatic heterocycles. The molecule has 38 heteroatoms. The minimum absolute atomic E-state index is 0.150. The molecule has 2 heterocycles. The molecular formula is C68H96N10O28. The first-order valence-corrected chi connectivity index (χ1v) is 33.6. The maximum Gasteiger partial charge on any atom is 0.336 e. The molecule has 1 aromatic rings. The van der Waals surface area contributed by atoms with Crippen LogP contribution in [0.4, 0.5) is 0 Å². The maximum atomic E-state index is 14.9. The van der Waals surface area contributed by atoms with E-state index in [1.807, 2.05) is 21.3 Å². The van der Waals surface area contributed by atoms with E-state index in [0.717, 1.165) is 13.8 Å². The Bertz CT molecular complexity index is 3660. The highest BCUT2D eigenvalue weighted by atomic mass is 16.5. The molecule has 106 heavy (non-hydrogen) atoms. The van der Waals surface area contributed by atoms with E-state index in [1.165, 1.54) is 66.2 Å². The van der Waals surface area contributed by atoms with E-state index >= 15 is 0 Å². The number of aliphatic carboxylic acids is 1. The van der Waals surface area contributed by atoms with Crippen LogP contribution in [0.25, 0.3) is 0 Å². The fourth-order valence-corrected chi connectivity index (χ4v) is 11.6. The number of fused-ring (bicyclic) bond motifs is 3. The predicted octanol–water partition coefficient (Wildman–Crippen LogP) is -5.85. The molecule has 586 valence electrons. The van der Waals surface area contributed by atoms with Crippen molar-refractivity contribution in [1.29, 1.82) is 0 Å². The van der Waals surface area contributed by atoms with Crippen molar-refractivity contribution in [2.24, 2.45) is 41.2 Å². The second-order valence-corrected chi connectivity index (χ2v) is 26.2. The summed E-state index contributed by atoms with van der Waals surface area (Å²) in [6.45, 7) is 12.9. The van der Waals surface area contributed by atoms with Crippen LogP contribution < -0.4 is 58.3 Å². The van der Waals surface area contributed by atoms with E-state index in [4.69, 9.17) is 24.7 Å². The van der Waals surface area contributed by atoms with E-state index in [0.29, 0.717) is 6.61 Å². The first kappa shape index (κ1) is 88.3. The van der Waals surface area contributed by atoms with Gasteiger partial charge in [-0.3, -0.25) is 67.1 Å². The number of β-amino-alcohol motifs (C(OH)–C–C–N with tert-alkyl or cyclic N) is 1. The van der Waals surface area contributed by atoms with Gasteiger partial charge in [0.1, 0.15) is 71.4 Å². The Kier molecular flexibility index (Phi) is 32.8. The Hall–Kier alpha value is -10.1. The van der Waals surface area contributed by atoms with Gasteiger partial charge in [-0.1, -0.05) is 59.8 Å². The second-order valence-electron chi connectivity index (χ2n) is 26.2. The Morgan fingerprint density at radius 2 is 1.34 bits per heavy atom. The number of esters is 1. The van der Waals surface area contributed by atoms with Crippen LogP contribution in [0, 0.1) is 42.4 Å². The van der Waals surface area contributed by atoms with Gasteiger partial charge in [-0.25, -0.2) is 4.79 Å². The van der Waals surface area contributed by atoms with Crippen molar-refractivity contribution in [2.45, 2.75) is 175 Å². The molecule has 3 aliphatic rings. The number of carbonyl (C=O) groups is 15. The number of carbonyl (C=O) groups excluding carboxylic acids is 14. The zero-order chi connectivity index (χ0) is 80.4. The van der Waals surface area contributed by atoms with Crippen molar-refractivity contribution in [2.75, 3.05) is 40.0 Å². The number of phenols is 1. The van der Waals surface area contributed by atoms with Crippen molar-refractivity contribution in [3.8, 4) is 11.5 Å². The number of primary amides is 1. The number of aliphatic hydroxyl groups is 7. The molecule has 1 saturated heterocycles. The summed E-state index contributed by atoms with van der Waals surface area (Å²) in [6.07, 6.45) is -7.45. The van der Waals surface area contributed by atoms with Crippen LogP contribution in [0.2, 0.25) is 0 Å². The van der Waals surface area contributed by atoms with Crippen molar-refractivity contribution in [1.82, 2.24) is 47.9 Å². The summed E-state index contributed by atoms with van der Waals surface area (Å²) in [7, 11) is 1.45. The number of carboxylic acids is 1. The Morgan fingerprint density at radius 1 is 0.726 bits per heavy atom. The fraction of sp³-hybridized carbons (Fsp3) is 0.574. The second kappa shape index (κ2) is 39.3. The number of aliphatic hydroxyl groups excluding tert-OH is 7. The number of nitrogens with one attached hydrogen (secondary N) is 9. The van der Waals surface area contributed by atoms with Crippen LogP contribution in [-0.4, -0.2) is 259 Å². The molecule has 0 spiro atoms. The van der Waals surface area contributed by atoms with Gasteiger partial charge < -0.3 is 118 Å². The van der Waals surface area contributed by atoms with Crippen LogP contribution in [-0.2, 0) is 71.7 Å². The van der Waals surface area contributed by atoms with Crippen molar-refractivity contribution in [3.05, 3.63) is 69.8 Å². The van der Waals surface area contributed by atoms with E-state index in [9.17, 15) is 118 Å². The number of Topliss-reactive ketones (excluding diaryl/α,β-unsaturated/α-hetero) is 4. The molecule has 4 rings (SSSR count). The number of allylic oxidation sites excluding steroid dienone is 4. The number of amides is 9. The molecule has 19 atom stereocenters. The summed E-state index contributed by atoms with van der Waals surface area (Å²) in [5, 5.41) is 117. The first-order valence-electron chi connectivity index (χ1n) is 33.6.